The van der Waals surface area contributed by atoms with Crippen LogP contribution in [-0.4, -0.2) is 13.7 Å². The summed E-state index contributed by atoms with van der Waals surface area (Å²) in [5.74, 6) is 0. The first-order chi connectivity index (χ1) is 28.6. The second-order valence-electron chi connectivity index (χ2n) is 15.1. The van der Waals surface area contributed by atoms with Gasteiger partial charge in [-0.15, -0.1) is 0 Å². The average Bonchev–Trinajstić information content (AvgIpc) is 3.86. The minimum absolute atomic E-state index is 0.993. The van der Waals surface area contributed by atoms with E-state index in [0.29, 0.717) is 0 Å². The van der Waals surface area contributed by atoms with Crippen LogP contribution in [0.5, 0.6) is 0 Å². The van der Waals surface area contributed by atoms with Crippen molar-refractivity contribution in [2.45, 2.75) is 0 Å². The highest BCUT2D eigenvalue weighted by Gasteiger charge is 2.28. The zero-order valence-corrected chi connectivity index (χ0v) is 33.0. The molecule has 272 valence electrons. The number of pyridine rings is 1. The summed E-state index contributed by atoms with van der Waals surface area (Å²) in [6.07, 6.45) is -2.51. The molecule has 3 aromatic heterocycles. The van der Waals surface area contributed by atoms with Crippen LogP contribution in [0.4, 0.5) is 0 Å². The number of nitrogens with zero attached hydrogens (tertiary/aromatic N) is 3. The molecule has 9 aromatic carbocycles. The van der Waals surface area contributed by atoms with Crippen LogP contribution < -0.4 is 10.6 Å². The molecule has 0 amide bonds. The van der Waals surface area contributed by atoms with Gasteiger partial charge in [-0.2, -0.15) is 0 Å². The van der Waals surface area contributed by atoms with Crippen molar-refractivity contribution in [2.24, 2.45) is 0 Å². The molecule has 0 aliphatic rings. The Labute approximate surface area is 340 Å². The van der Waals surface area contributed by atoms with Crippen molar-refractivity contribution in [3.05, 3.63) is 206 Å². The van der Waals surface area contributed by atoms with Gasteiger partial charge in [-0.25, -0.2) is 4.98 Å². The Bertz CT molecular complexity index is 3590. The number of hydrogen-bond donors (Lipinski definition) is 0. The molecule has 12 aromatic rings. The second kappa shape index (κ2) is 12.8. The van der Waals surface area contributed by atoms with Crippen LogP contribution in [0.25, 0.3) is 93.2 Å². The van der Waals surface area contributed by atoms with Crippen molar-refractivity contribution in [1.82, 2.24) is 13.7 Å². The lowest BCUT2D eigenvalue weighted by Crippen LogP contribution is -2.21. The van der Waals surface area contributed by atoms with Crippen LogP contribution in [0, 0.1) is 0 Å². The highest BCUT2D eigenvalue weighted by Crippen LogP contribution is 2.51. The number of imidazole rings is 1. The largest absolute Gasteiger partial charge is 0.304 e. The zero-order chi connectivity index (χ0) is 38.4. The van der Waals surface area contributed by atoms with Gasteiger partial charge in [0.1, 0.15) is 5.65 Å². The Balaban J connectivity index is 0.958. The fourth-order valence-corrected chi connectivity index (χ4v) is 13.3. The first-order valence-corrected chi connectivity index (χ1v) is 22.4. The van der Waals surface area contributed by atoms with E-state index in [4.69, 9.17) is 16.8 Å². The Morgan fingerprint density at radius 1 is 0.379 bits per heavy atom. The van der Waals surface area contributed by atoms with Crippen LogP contribution in [0.2, 0.25) is 0 Å². The predicted molar refractivity (Wildman–Crippen MR) is 251 cm³/mol. The van der Waals surface area contributed by atoms with E-state index in [1.807, 2.05) is 0 Å². The summed E-state index contributed by atoms with van der Waals surface area (Å²) in [5, 5.41) is 10.9. The maximum absolute atomic E-state index is 6.94. The van der Waals surface area contributed by atoms with Gasteiger partial charge in [-0.1, -0.05) is 188 Å². The van der Waals surface area contributed by atoms with Gasteiger partial charge in [0, 0.05) is 32.2 Å². The quantitative estimate of drug-likeness (QED) is 0.128. The Hall–Kier alpha value is -6.84. The summed E-state index contributed by atoms with van der Waals surface area (Å²) in [4.78, 5) is 5.23. The number of aromatic nitrogens is 3. The molecule has 1 unspecified atom stereocenters. The topological polar surface area (TPSA) is 22.2 Å². The molecule has 0 N–H and O–H groups in total. The van der Waals surface area contributed by atoms with E-state index in [1.54, 1.807) is 0 Å². The van der Waals surface area contributed by atoms with Gasteiger partial charge in [-0.05, 0) is 68.7 Å². The van der Waals surface area contributed by atoms with Crippen LogP contribution >= 0.6 is 6.19 Å². The molecule has 3 nitrogen and oxygen atoms in total. The van der Waals surface area contributed by atoms with E-state index in [2.05, 4.69) is 215 Å². The summed E-state index contributed by atoms with van der Waals surface area (Å²) in [5.41, 5.74) is 11.3. The number of para-hydroxylation sites is 4. The van der Waals surface area contributed by atoms with Gasteiger partial charge >= 0.3 is 0 Å². The molecular formula is C53H34N3PS. The van der Waals surface area contributed by atoms with Gasteiger partial charge < -0.3 is 4.34 Å². The number of fused-ring (bicyclic) bond motifs is 13. The molecule has 0 radical (unpaired) electrons. The highest BCUT2D eigenvalue weighted by atomic mass is 32.4. The summed E-state index contributed by atoms with van der Waals surface area (Å²) >= 11 is 6.94. The second-order valence-corrected chi connectivity index (χ2v) is 19.3. The van der Waals surface area contributed by atoms with Crippen molar-refractivity contribution >= 4 is 99.5 Å². The number of benzene rings is 9. The van der Waals surface area contributed by atoms with Crippen molar-refractivity contribution in [1.29, 1.82) is 0 Å². The van der Waals surface area contributed by atoms with Crippen LogP contribution in [0.3, 0.4) is 0 Å². The van der Waals surface area contributed by atoms with Gasteiger partial charge in [0.15, 0.2) is 0 Å². The third kappa shape index (κ3) is 4.86. The molecule has 0 aliphatic heterocycles. The zero-order valence-electron chi connectivity index (χ0n) is 31.3. The molecule has 1 atom stereocenters. The Morgan fingerprint density at radius 2 is 0.879 bits per heavy atom. The van der Waals surface area contributed by atoms with E-state index in [-0.39, 0.29) is 0 Å². The minimum Gasteiger partial charge on any atom is -0.304 e. The maximum Gasteiger partial charge on any atom is 0.147 e. The number of hydrogen-bond acceptors (Lipinski definition) is 2. The van der Waals surface area contributed by atoms with Crippen molar-refractivity contribution in [2.75, 3.05) is 0 Å². The fraction of sp³-hybridized carbons (Fsp3) is 0. The van der Waals surface area contributed by atoms with Crippen molar-refractivity contribution < 1.29 is 0 Å². The molecular weight excluding hydrogens is 742 g/mol. The lowest BCUT2D eigenvalue weighted by molar-refractivity contribution is 1.32. The molecule has 0 saturated heterocycles. The molecule has 5 heteroatoms. The van der Waals surface area contributed by atoms with Crippen molar-refractivity contribution in [3.63, 3.8) is 0 Å². The van der Waals surface area contributed by atoms with E-state index in [0.717, 1.165) is 33.1 Å². The Kier molecular flexibility index (Phi) is 7.38. The molecule has 12 rings (SSSR count). The van der Waals surface area contributed by atoms with Crippen molar-refractivity contribution in [3.8, 4) is 22.3 Å². The van der Waals surface area contributed by atoms with Crippen LogP contribution in [-0.2, 0) is 11.8 Å². The summed E-state index contributed by atoms with van der Waals surface area (Å²) < 4.78 is 4.82. The van der Waals surface area contributed by atoms with Crippen LogP contribution in [0.15, 0.2) is 206 Å². The van der Waals surface area contributed by atoms with Crippen LogP contribution in [0.1, 0.15) is 0 Å². The summed E-state index contributed by atoms with van der Waals surface area (Å²) in [6, 6.07) is 74.5. The molecule has 0 aliphatic carbocycles. The highest BCUT2D eigenvalue weighted by molar-refractivity contribution is 8.21. The first-order valence-electron chi connectivity index (χ1n) is 19.7. The standard InChI is InChI=1S/C53H34N3PS/c58-57(40-13-2-1-3-14-40,56-48-19-9-6-16-43(48)44-17-7-10-20-49(44)56)41-30-26-36(27-31-41)35-22-24-37(25-23-35)39-29-32-45-46-33-28-38-12-4-5-15-42(38)52(46)53-54-47-18-8-11-21-50(47)55(53)51(45)34-39/h1-34H. The monoisotopic (exact) mass is 775 g/mol. The van der Waals surface area contributed by atoms with Gasteiger partial charge in [0.05, 0.1) is 33.8 Å². The third-order valence-corrected chi connectivity index (χ3v) is 16.7. The SMILES string of the molecule is S=P(c1ccccc1)(c1ccc(-c2ccc(-c3ccc4c5ccc6ccccc6c5c5nc6ccccc6n5c4c3)cc2)cc1)n1c2ccccc2c2ccccc21. The van der Waals surface area contributed by atoms with E-state index < -0.39 is 6.19 Å². The molecule has 0 saturated carbocycles. The minimum atomic E-state index is -2.51. The van der Waals surface area contributed by atoms with E-state index >= 15 is 0 Å². The molecule has 3 heterocycles. The van der Waals surface area contributed by atoms with Gasteiger partial charge in [0.25, 0.3) is 0 Å². The Morgan fingerprint density at radius 3 is 1.59 bits per heavy atom. The predicted octanol–water partition coefficient (Wildman–Crippen LogP) is 13.3. The van der Waals surface area contributed by atoms with E-state index in [1.165, 1.54) is 70.7 Å². The fourth-order valence-electron chi connectivity index (χ4n) is 9.22. The molecule has 0 bridgehead atoms. The summed E-state index contributed by atoms with van der Waals surface area (Å²) in [7, 11) is 0. The van der Waals surface area contributed by atoms with Gasteiger partial charge in [0.2, 0.25) is 0 Å². The molecule has 58 heavy (non-hydrogen) atoms. The maximum atomic E-state index is 6.94. The normalized spacial score (nSPS) is 13.0. The summed E-state index contributed by atoms with van der Waals surface area (Å²) in [6.45, 7) is 0. The first kappa shape index (κ1) is 33.3. The lowest BCUT2D eigenvalue weighted by Gasteiger charge is -2.27. The van der Waals surface area contributed by atoms with Gasteiger partial charge in [-0.3, -0.25) is 4.40 Å². The smallest absolute Gasteiger partial charge is 0.147 e. The van der Waals surface area contributed by atoms with E-state index in [9.17, 15) is 0 Å². The molecule has 0 fully saturated rings. The number of rotatable bonds is 5. The third-order valence-electron chi connectivity index (χ3n) is 12.0. The molecule has 0 spiro atoms. The lowest BCUT2D eigenvalue weighted by atomic mass is 9.96. The average molecular weight is 776 g/mol.